The van der Waals surface area contributed by atoms with Crippen LogP contribution in [0.4, 0.5) is 5.69 Å². The van der Waals surface area contributed by atoms with Crippen LogP contribution < -0.4 is 16.0 Å². The van der Waals surface area contributed by atoms with Crippen LogP contribution in [0.15, 0.2) is 29.3 Å². The van der Waals surface area contributed by atoms with Crippen molar-refractivity contribution >= 4 is 47.4 Å². The number of benzene rings is 1. The highest BCUT2D eigenvalue weighted by atomic mass is 127. The number of carbonyl (C=O) groups excluding carboxylic acids is 2. The number of likely N-dealkylation sites (tertiary alicyclic amines) is 1. The Bertz CT molecular complexity index is 753. The Labute approximate surface area is 203 Å². The quantitative estimate of drug-likeness (QED) is 0.266. The van der Waals surface area contributed by atoms with Crippen LogP contribution in [0.5, 0.6) is 0 Å². The zero-order chi connectivity index (χ0) is 22.1. The molecule has 2 rings (SSSR count). The number of nitrogens with one attached hydrogen (secondary N) is 3. The number of guanidine groups is 1. The molecule has 2 amide bonds. The predicted octanol–water partition coefficient (Wildman–Crippen LogP) is 3.60. The van der Waals surface area contributed by atoms with Crippen LogP contribution in [0.25, 0.3) is 0 Å². The molecule has 0 saturated carbocycles. The number of hydrogen-bond acceptors (Lipinski definition) is 3. The highest BCUT2D eigenvalue weighted by Gasteiger charge is 2.27. The average molecular weight is 543 g/mol. The third kappa shape index (κ3) is 8.66. The molecule has 1 heterocycles. The van der Waals surface area contributed by atoms with Gasteiger partial charge in [0.15, 0.2) is 5.96 Å². The fraction of sp³-hybridized carbons (Fsp3) is 0.609. The molecule has 2 unspecified atom stereocenters. The molecule has 3 N–H and O–H groups in total. The summed E-state index contributed by atoms with van der Waals surface area (Å²) >= 11 is 0. The van der Waals surface area contributed by atoms with Gasteiger partial charge in [-0.05, 0) is 37.5 Å². The smallest absolute Gasteiger partial charge is 0.227 e. The molecule has 174 valence electrons. The molecule has 31 heavy (non-hydrogen) atoms. The predicted molar refractivity (Wildman–Crippen MR) is 138 cm³/mol. The van der Waals surface area contributed by atoms with Crippen molar-refractivity contribution in [1.29, 1.82) is 0 Å². The molecule has 0 aliphatic carbocycles. The molecule has 7 nitrogen and oxygen atoms in total. The fourth-order valence-electron chi connectivity index (χ4n) is 3.33. The third-order valence-corrected chi connectivity index (χ3v) is 5.35. The van der Waals surface area contributed by atoms with Crippen LogP contribution in [0.3, 0.4) is 0 Å². The van der Waals surface area contributed by atoms with E-state index in [0.29, 0.717) is 13.1 Å². The Hall–Kier alpha value is -1.84. The van der Waals surface area contributed by atoms with E-state index < -0.39 is 0 Å². The molecule has 1 aromatic rings. The van der Waals surface area contributed by atoms with Crippen LogP contribution >= 0.6 is 24.0 Å². The maximum Gasteiger partial charge on any atom is 0.227 e. The minimum Gasteiger partial charge on any atom is -0.357 e. The first-order valence-electron chi connectivity index (χ1n) is 11.1. The van der Waals surface area contributed by atoms with E-state index in [1.54, 1.807) is 0 Å². The van der Waals surface area contributed by atoms with E-state index in [4.69, 9.17) is 4.99 Å². The minimum absolute atomic E-state index is 0. The van der Waals surface area contributed by atoms with Crippen molar-refractivity contribution in [3.8, 4) is 0 Å². The Kier molecular flexibility index (Phi) is 11.9. The molecule has 1 fully saturated rings. The topological polar surface area (TPSA) is 85.8 Å². The molecule has 1 aliphatic heterocycles. The first-order chi connectivity index (χ1) is 14.3. The fourth-order valence-corrected chi connectivity index (χ4v) is 3.33. The Morgan fingerprint density at radius 3 is 2.61 bits per heavy atom. The summed E-state index contributed by atoms with van der Waals surface area (Å²) in [5, 5.41) is 9.71. The van der Waals surface area contributed by atoms with E-state index in [1.807, 2.05) is 63.8 Å². The number of rotatable bonds is 8. The molecule has 1 aromatic carbocycles. The number of anilines is 1. The van der Waals surface area contributed by atoms with Gasteiger partial charge in [-0.3, -0.25) is 9.59 Å². The van der Waals surface area contributed by atoms with Crippen molar-refractivity contribution in [2.45, 2.75) is 60.0 Å². The van der Waals surface area contributed by atoms with Gasteiger partial charge < -0.3 is 20.9 Å². The Morgan fingerprint density at radius 2 is 1.97 bits per heavy atom. The normalized spacial score (nSPS) is 17.2. The van der Waals surface area contributed by atoms with Gasteiger partial charge in [0, 0.05) is 43.2 Å². The van der Waals surface area contributed by atoms with Gasteiger partial charge in [-0.15, -0.1) is 24.0 Å². The lowest BCUT2D eigenvalue weighted by molar-refractivity contribution is -0.133. The molecule has 2 atom stereocenters. The largest absolute Gasteiger partial charge is 0.357 e. The summed E-state index contributed by atoms with van der Waals surface area (Å²) in [6.07, 6.45) is 1.73. The van der Waals surface area contributed by atoms with Crippen LogP contribution in [-0.4, -0.2) is 48.3 Å². The van der Waals surface area contributed by atoms with E-state index >= 15 is 0 Å². The molecular formula is C23H38IN5O2. The Balaban J connectivity index is 0.00000480. The molecule has 1 saturated heterocycles. The monoisotopic (exact) mass is 543 g/mol. The lowest BCUT2D eigenvalue weighted by Gasteiger charge is -2.20. The van der Waals surface area contributed by atoms with Crippen LogP contribution in [0.1, 0.15) is 53.0 Å². The van der Waals surface area contributed by atoms with Gasteiger partial charge in [-0.1, -0.05) is 39.8 Å². The summed E-state index contributed by atoms with van der Waals surface area (Å²) in [4.78, 5) is 31.0. The molecule has 0 radical (unpaired) electrons. The molecule has 0 aromatic heterocycles. The zero-order valence-corrected chi connectivity index (χ0v) is 21.7. The highest BCUT2D eigenvalue weighted by Crippen LogP contribution is 2.15. The second-order valence-electron chi connectivity index (χ2n) is 8.26. The summed E-state index contributed by atoms with van der Waals surface area (Å²) in [5.74, 6) is 1.01. The van der Waals surface area contributed by atoms with Crippen molar-refractivity contribution in [2.24, 2.45) is 16.8 Å². The molecule has 8 heteroatoms. The van der Waals surface area contributed by atoms with E-state index in [2.05, 4.69) is 16.0 Å². The Morgan fingerprint density at radius 1 is 1.23 bits per heavy atom. The second-order valence-corrected chi connectivity index (χ2v) is 8.26. The standard InChI is InChI=1S/C23H37N5O2.HI/c1-6-17(5)21(29)26-19-10-8-9-18(13-19)14-25-23(24-7-2)27-20-11-12-28(15-20)22(30)16(3)4;/h8-10,13,16-17,20H,6-7,11-12,14-15H2,1-5H3,(H,26,29)(H2,24,25,27);1H. The number of hydrogen-bond donors (Lipinski definition) is 3. The second kappa shape index (κ2) is 13.5. The van der Waals surface area contributed by atoms with Gasteiger partial charge in [0.25, 0.3) is 0 Å². The maximum atomic E-state index is 12.2. The van der Waals surface area contributed by atoms with Crippen LogP contribution in [0.2, 0.25) is 0 Å². The number of aliphatic imine (C=N–C) groups is 1. The molecule has 0 bridgehead atoms. The van der Waals surface area contributed by atoms with E-state index in [1.165, 1.54) is 0 Å². The first-order valence-corrected chi connectivity index (χ1v) is 11.1. The van der Waals surface area contributed by atoms with Gasteiger partial charge in [-0.2, -0.15) is 0 Å². The van der Waals surface area contributed by atoms with Crippen molar-refractivity contribution in [2.75, 3.05) is 25.0 Å². The van der Waals surface area contributed by atoms with Crippen LogP contribution in [-0.2, 0) is 16.1 Å². The molecule has 1 aliphatic rings. The highest BCUT2D eigenvalue weighted by molar-refractivity contribution is 14.0. The molecular weight excluding hydrogens is 505 g/mol. The first kappa shape index (κ1) is 27.2. The number of nitrogens with zero attached hydrogens (tertiary/aromatic N) is 2. The SMILES string of the molecule is CCNC(=NCc1cccc(NC(=O)C(C)CC)c1)NC1CCN(C(=O)C(C)C)C1.I. The van der Waals surface area contributed by atoms with Crippen molar-refractivity contribution < 1.29 is 9.59 Å². The number of carbonyl (C=O) groups is 2. The van der Waals surface area contributed by atoms with Gasteiger partial charge in [0.2, 0.25) is 11.8 Å². The summed E-state index contributed by atoms with van der Waals surface area (Å²) in [6.45, 7) is 12.6. The van der Waals surface area contributed by atoms with Crippen molar-refractivity contribution in [3.63, 3.8) is 0 Å². The summed E-state index contributed by atoms with van der Waals surface area (Å²) < 4.78 is 0. The summed E-state index contributed by atoms with van der Waals surface area (Å²) in [6, 6.07) is 8.00. The summed E-state index contributed by atoms with van der Waals surface area (Å²) in [7, 11) is 0. The summed E-state index contributed by atoms with van der Waals surface area (Å²) in [5.41, 5.74) is 1.82. The van der Waals surface area contributed by atoms with Crippen LogP contribution in [0, 0.1) is 11.8 Å². The van der Waals surface area contributed by atoms with Gasteiger partial charge in [0.05, 0.1) is 6.54 Å². The third-order valence-electron chi connectivity index (χ3n) is 5.35. The lowest BCUT2D eigenvalue weighted by atomic mass is 10.1. The van der Waals surface area contributed by atoms with Crippen molar-refractivity contribution in [3.05, 3.63) is 29.8 Å². The average Bonchev–Trinajstić information content (AvgIpc) is 3.19. The van der Waals surface area contributed by atoms with Gasteiger partial charge in [-0.25, -0.2) is 4.99 Å². The zero-order valence-electron chi connectivity index (χ0n) is 19.4. The van der Waals surface area contributed by atoms with Gasteiger partial charge >= 0.3 is 0 Å². The lowest BCUT2D eigenvalue weighted by Crippen LogP contribution is -2.45. The van der Waals surface area contributed by atoms with Crippen molar-refractivity contribution in [1.82, 2.24) is 15.5 Å². The van der Waals surface area contributed by atoms with E-state index in [0.717, 1.165) is 43.1 Å². The maximum absolute atomic E-state index is 12.2. The number of halogens is 1. The number of amides is 2. The minimum atomic E-state index is -0.00946. The van der Waals surface area contributed by atoms with Gasteiger partial charge in [0.1, 0.15) is 0 Å². The van der Waals surface area contributed by atoms with E-state index in [-0.39, 0.29) is 53.7 Å². The molecule has 0 spiro atoms. The van der Waals surface area contributed by atoms with E-state index in [9.17, 15) is 9.59 Å².